The van der Waals surface area contributed by atoms with E-state index in [4.69, 9.17) is 4.74 Å². The number of fused-ring (bicyclic) bond motifs is 1. The van der Waals surface area contributed by atoms with Crippen LogP contribution in [0, 0.1) is 0 Å². The maximum atomic E-state index is 12.9. The Bertz CT molecular complexity index is 1360. The first kappa shape index (κ1) is 22.1. The molecule has 33 heavy (non-hydrogen) atoms. The largest absolute Gasteiger partial charge is 0.444 e. The van der Waals surface area contributed by atoms with Gasteiger partial charge < -0.3 is 14.2 Å². The average molecular weight is 451 g/mol. The monoisotopic (exact) mass is 451 g/mol. The van der Waals surface area contributed by atoms with E-state index in [9.17, 15) is 14.4 Å². The van der Waals surface area contributed by atoms with Crippen LogP contribution in [0.1, 0.15) is 32.3 Å². The fourth-order valence-electron chi connectivity index (χ4n) is 3.65. The lowest BCUT2D eigenvalue weighted by Gasteiger charge is -2.10. The summed E-state index contributed by atoms with van der Waals surface area (Å²) >= 11 is 0. The Morgan fingerprint density at radius 3 is 2.48 bits per heavy atom. The van der Waals surface area contributed by atoms with Crippen molar-refractivity contribution in [3.8, 4) is 11.3 Å². The molecule has 10 heteroatoms. The number of nitrogens with zero attached hydrogens (tertiary/aromatic N) is 3. The highest BCUT2D eigenvalue weighted by Crippen LogP contribution is 2.23. The second-order valence-corrected chi connectivity index (χ2v) is 7.62. The number of aromatic nitrogens is 4. The lowest BCUT2D eigenvalue weighted by Crippen LogP contribution is -2.39. The predicted octanol–water partition coefficient (Wildman–Crippen LogP) is 3.72. The maximum absolute atomic E-state index is 12.9. The molecular formula is C23H25N5O5. The molecule has 0 radical (unpaired) electrons. The predicted molar refractivity (Wildman–Crippen MR) is 123 cm³/mol. The molecule has 172 valence electrons. The Balaban J connectivity index is 1.57. The highest BCUT2D eigenvalue weighted by molar-refractivity contribution is 5.83. The van der Waals surface area contributed by atoms with Crippen LogP contribution in [0.3, 0.4) is 0 Å². The zero-order valence-electron chi connectivity index (χ0n) is 18.5. The number of aromatic amines is 1. The van der Waals surface area contributed by atoms with E-state index in [-0.39, 0.29) is 23.7 Å². The topological polar surface area (TPSA) is 124 Å². The Labute approximate surface area is 188 Å². The van der Waals surface area contributed by atoms with Crippen molar-refractivity contribution < 1.29 is 14.1 Å². The summed E-state index contributed by atoms with van der Waals surface area (Å²) in [5, 5.41) is 6.04. The van der Waals surface area contributed by atoms with Crippen molar-refractivity contribution in [3.63, 3.8) is 0 Å². The van der Waals surface area contributed by atoms with Gasteiger partial charge in [-0.2, -0.15) is 0 Å². The second kappa shape index (κ2) is 9.60. The lowest BCUT2D eigenvalue weighted by atomic mass is 10.1. The number of aryl methyl sites for hydroxylation is 1. The van der Waals surface area contributed by atoms with Gasteiger partial charge in [-0.15, -0.1) is 0 Å². The van der Waals surface area contributed by atoms with Crippen molar-refractivity contribution in [1.29, 1.82) is 0 Å². The van der Waals surface area contributed by atoms with Gasteiger partial charge in [0.1, 0.15) is 18.4 Å². The zero-order chi connectivity index (χ0) is 23.4. The molecule has 3 aromatic heterocycles. The van der Waals surface area contributed by atoms with Gasteiger partial charge in [-0.3, -0.25) is 19.2 Å². The van der Waals surface area contributed by atoms with Crippen molar-refractivity contribution in [3.05, 3.63) is 69.1 Å². The van der Waals surface area contributed by atoms with E-state index in [1.807, 2.05) is 44.2 Å². The van der Waals surface area contributed by atoms with Crippen LogP contribution >= 0.6 is 0 Å². The molecule has 2 N–H and O–H groups in total. The summed E-state index contributed by atoms with van der Waals surface area (Å²) in [5.41, 5.74) is 2.81. The molecule has 0 unspecified atom stereocenters. The smallest absolute Gasteiger partial charge is 0.413 e. The van der Waals surface area contributed by atoms with E-state index < -0.39 is 6.09 Å². The summed E-state index contributed by atoms with van der Waals surface area (Å²) in [7, 11) is 0. The number of hydrogen-bond donors (Lipinski definition) is 2. The first-order valence-corrected chi connectivity index (χ1v) is 10.8. The minimum Gasteiger partial charge on any atom is -0.444 e. The number of anilines is 1. The van der Waals surface area contributed by atoms with Gasteiger partial charge in [0.15, 0.2) is 5.82 Å². The molecule has 0 atom stereocenters. The fraction of sp³-hybridized carbons (Fsp3) is 0.304. The fourth-order valence-corrected chi connectivity index (χ4v) is 3.65. The molecule has 0 aliphatic heterocycles. The molecule has 10 nitrogen and oxygen atoms in total. The van der Waals surface area contributed by atoms with E-state index in [0.717, 1.165) is 23.2 Å². The molecule has 0 saturated heterocycles. The minimum atomic E-state index is -0.638. The van der Waals surface area contributed by atoms with Gasteiger partial charge in [0.05, 0.1) is 5.52 Å². The molecule has 4 aromatic rings. The number of amides is 1. The number of carbonyl (C=O) groups excluding carboxylic acids is 1. The van der Waals surface area contributed by atoms with Crippen molar-refractivity contribution in [2.45, 2.75) is 46.4 Å². The van der Waals surface area contributed by atoms with Crippen molar-refractivity contribution >= 4 is 22.9 Å². The number of benzene rings is 1. The molecule has 3 heterocycles. The van der Waals surface area contributed by atoms with Crippen LogP contribution in [0.4, 0.5) is 10.6 Å². The van der Waals surface area contributed by atoms with Crippen LogP contribution in [0.5, 0.6) is 0 Å². The van der Waals surface area contributed by atoms with Crippen molar-refractivity contribution in [2.75, 3.05) is 5.32 Å². The van der Waals surface area contributed by atoms with Gasteiger partial charge in [-0.25, -0.2) is 9.59 Å². The molecule has 0 aliphatic carbocycles. The van der Waals surface area contributed by atoms with Gasteiger partial charge in [-0.05, 0) is 30.0 Å². The summed E-state index contributed by atoms with van der Waals surface area (Å²) in [6.07, 6.45) is 2.18. The number of carbonyl (C=O) groups is 1. The molecule has 1 aromatic carbocycles. The number of hydrogen-bond acceptors (Lipinski definition) is 6. The Kier molecular flexibility index (Phi) is 6.43. The molecule has 0 aliphatic rings. The summed E-state index contributed by atoms with van der Waals surface area (Å²) < 4.78 is 12.8. The summed E-state index contributed by atoms with van der Waals surface area (Å²) in [6.45, 7) is 4.92. The lowest BCUT2D eigenvalue weighted by molar-refractivity contribution is 0.155. The van der Waals surface area contributed by atoms with Crippen LogP contribution in [0.25, 0.3) is 22.3 Å². The summed E-state index contributed by atoms with van der Waals surface area (Å²) in [5.74, 6) is 0.272. The van der Waals surface area contributed by atoms with E-state index in [0.29, 0.717) is 30.5 Å². The van der Waals surface area contributed by atoms with E-state index in [1.165, 1.54) is 16.9 Å². The molecule has 0 spiro atoms. The van der Waals surface area contributed by atoms with Crippen LogP contribution in [0.15, 0.2) is 56.8 Å². The van der Waals surface area contributed by atoms with Gasteiger partial charge in [0.25, 0.3) is 5.56 Å². The molecule has 0 saturated carbocycles. The zero-order valence-corrected chi connectivity index (χ0v) is 18.5. The Hall–Kier alpha value is -4.08. The third-order valence-corrected chi connectivity index (χ3v) is 5.21. The van der Waals surface area contributed by atoms with Gasteiger partial charge >= 0.3 is 11.8 Å². The second-order valence-electron chi connectivity index (χ2n) is 7.62. The number of nitrogens with one attached hydrogen (secondary N) is 2. The minimum absolute atomic E-state index is 0.0778. The maximum Gasteiger partial charge on any atom is 0.413 e. The van der Waals surface area contributed by atoms with Crippen molar-refractivity contribution in [2.24, 2.45) is 0 Å². The van der Waals surface area contributed by atoms with E-state index in [1.54, 1.807) is 4.57 Å². The van der Waals surface area contributed by atoms with Crippen LogP contribution in [-0.2, 0) is 24.4 Å². The van der Waals surface area contributed by atoms with Crippen LogP contribution in [-0.4, -0.2) is 25.4 Å². The third-order valence-electron chi connectivity index (χ3n) is 5.21. The molecule has 0 bridgehead atoms. The molecule has 1 amide bonds. The number of rotatable bonds is 8. The van der Waals surface area contributed by atoms with Crippen molar-refractivity contribution in [1.82, 2.24) is 19.3 Å². The van der Waals surface area contributed by atoms with Gasteiger partial charge in [-0.1, -0.05) is 43.3 Å². The quantitative estimate of drug-likeness (QED) is 0.421. The van der Waals surface area contributed by atoms with Crippen LogP contribution < -0.4 is 16.6 Å². The summed E-state index contributed by atoms with van der Waals surface area (Å²) in [4.78, 5) is 40.8. The normalized spacial score (nSPS) is 11.1. The number of H-pyrrole nitrogens is 1. The highest BCUT2D eigenvalue weighted by Gasteiger charge is 2.16. The first-order chi connectivity index (χ1) is 16.0. The first-order valence-electron chi connectivity index (χ1n) is 10.8. The van der Waals surface area contributed by atoms with Gasteiger partial charge in [0.2, 0.25) is 0 Å². The SMILES string of the molecule is CCCn1c(=O)c2[nH]c(-c3ccc(COC(=O)Nc4ccon4)cc3)cc2n(CCC)c1=O. The summed E-state index contributed by atoms with van der Waals surface area (Å²) in [6, 6.07) is 10.7. The number of ether oxygens (including phenoxy) is 1. The standard InChI is InChI=1S/C23H25N5O5/c1-3-10-27-18-13-17(24-20(18)21(29)28(11-4-2)23(27)31)16-7-5-15(6-8-16)14-32-22(30)25-19-9-12-33-26-19/h5-9,12-13,24H,3-4,10-11,14H2,1-2H3,(H,25,26,30). The molecule has 0 fully saturated rings. The van der Waals surface area contributed by atoms with Gasteiger partial charge in [0, 0.05) is 24.8 Å². The van der Waals surface area contributed by atoms with E-state index in [2.05, 4.69) is 20.0 Å². The molecule has 4 rings (SSSR count). The average Bonchev–Trinajstić information content (AvgIpc) is 3.49. The Morgan fingerprint density at radius 1 is 1.09 bits per heavy atom. The van der Waals surface area contributed by atoms with E-state index >= 15 is 0 Å². The van der Waals surface area contributed by atoms with Crippen LogP contribution in [0.2, 0.25) is 0 Å². The highest BCUT2D eigenvalue weighted by atomic mass is 16.5. The Morgan fingerprint density at radius 2 is 1.82 bits per heavy atom. The third kappa shape index (κ3) is 4.59. The molecular weight excluding hydrogens is 426 g/mol.